The molecule has 0 bridgehead atoms. The Labute approximate surface area is 113 Å². The van der Waals surface area contributed by atoms with Crippen molar-refractivity contribution in [1.82, 2.24) is 4.57 Å². The van der Waals surface area contributed by atoms with Gasteiger partial charge in [-0.15, -0.1) is 0 Å². The quantitative estimate of drug-likeness (QED) is 0.769. The van der Waals surface area contributed by atoms with Gasteiger partial charge in [0.1, 0.15) is 0 Å². The van der Waals surface area contributed by atoms with Gasteiger partial charge >= 0.3 is 0 Å². The number of rotatable bonds is 5. The molecule has 4 nitrogen and oxygen atoms in total. The number of aromatic nitrogens is 1. The molecule has 0 aliphatic rings. The van der Waals surface area contributed by atoms with Crippen molar-refractivity contribution in [2.75, 3.05) is 18.5 Å². The van der Waals surface area contributed by atoms with Crippen LogP contribution in [0.25, 0.3) is 5.69 Å². The predicted octanol–water partition coefficient (Wildman–Crippen LogP) is 1.86. The molecule has 3 N–H and O–H groups in total. The Morgan fingerprint density at radius 1 is 1.05 bits per heavy atom. The van der Waals surface area contributed by atoms with Crippen LogP contribution in [0.5, 0.6) is 0 Å². The summed E-state index contributed by atoms with van der Waals surface area (Å²) in [6.45, 7) is 4.28. The molecule has 1 aromatic heterocycles. The minimum Gasteiger partial charge on any atom is -0.394 e. The fraction of sp³-hybridized carbons (Fsp3) is 0.333. The van der Waals surface area contributed by atoms with Gasteiger partial charge in [0.25, 0.3) is 0 Å². The first-order chi connectivity index (χ1) is 9.11. The first kappa shape index (κ1) is 13.6. The summed E-state index contributed by atoms with van der Waals surface area (Å²) in [6.07, 6.45) is -0.728. The molecule has 19 heavy (non-hydrogen) atoms. The second-order valence-electron chi connectivity index (χ2n) is 4.72. The Hall–Kier alpha value is -1.78. The van der Waals surface area contributed by atoms with Crippen LogP contribution in [0.2, 0.25) is 0 Å². The van der Waals surface area contributed by atoms with Gasteiger partial charge in [0.05, 0.1) is 12.7 Å². The fourth-order valence-electron chi connectivity index (χ4n) is 2.10. The Kier molecular flexibility index (Phi) is 4.24. The maximum atomic E-state index is 9.28. The highest BCUT2D eigenvalue weighted by Crippen LogP contribution is 2.18. The minimum atomic E-state index is -0.728. The molecule has 1 unspecified atom stereocenters. The maximum Gasteiger partial charge on any atom is 0.0942 e. The summed E-state index contributed by atoms with van der Waals surface area (Å²) in [7, 11) is 0. The van der Waals surface area contributed by atoms with Crippen LogP contribution in [-0.4, -0.2) is 34.0 Å². The lowest BCUT2D eigenvalue weighted by Gasteiger charge is -2.12. The van der Waals surface area contributed by atoms with E-state index in [2.05, 4.69) is 35.9 Å². The normalized spacial score (nSPS) is 12.4. The van der Waals surface area contributed by atoms with Gasteiger partial charge in [-0.05, 0) is 50.2 Å². The summed E-state index contributed by atoms with van der Waals surface area (Å²) in [5.41, 5.74) is 4.45. The van der Waals surface area contributed by atoms with Crippen molar-refractivity contribution in [3.63, 3.8) is 0 Å². The zero-order valence-corrected chi connectivity index (χ0v) is 11.3. The first-order valence-corrected chi connectivity index (χ1v) is 6.40. The third kappa shape index (κ3) is 3.16. The third-order valence-electron chi connectivity index (χ3n) is 3.15. The van der Waals surface area contributed by atoms with E-state index in [9.17, 15) is 5.11 Å². The number of aryl methyl sites for hydroxylation is 2. The SMILES string of the molecule is Cc1ccc(C)n1-c1ccc(NCC(O)CO)cc1. The molecule has 2 rings (SSSR count). The molecular weight excluding hydrogens is 240 g/mol. The molecule has 102 valence electrons. The average Bonchev–Trinajstić information content (AvgIpc) is 2.76. The van der Waals surface area contributed by atoms with Crippen LogP contribution >= 0.6 is 0 Å². The number of nitrogens with zero attached hydrogens (tertiary/aromatic N) is 1. The van der Waals surface area contributed by atoms with E-state index in [1.54, 1.807) is 0 Å². The number of hydrogen-bond acceptors (Lipinski definition) is 3. The molecule has 1 heterocycles. The molecule has 4 heteroatoms. The van der Waals surface area contributed by atoms with Crippen LogP contribution in [0.4, 0.5) is 5.69 Å². The Bertz CT molecular complexity index is 512. The highest BCUT2D eigenvalue weighted by Gasteiger charge is 2.04. The summed E-state index contributed by atoms with van der Waals surface area (Å²) >= 11 is 0. The van der Waals surface area contributed by atoms with Crippen molar-refractivity contribution in [2.24, 2.45) is 0 Å². The second-order valence-corrected chi connectivity index (χ2v) is 4.72. The highest BCUT2D eigenvalue weighted by atomic mass is 16.3. The van der Waals surface area contributed by atoms with Crippen molar-refractivity contribution in [3.05, 3.63) is 47.8 Å². The lowest BCUT2D eigenvalue weighted by molar-refractivity contribution is 0.105. The lowest BCUT2D eigenvalue weighted by atomic mass is 10.2. The van der Waals surface area contributed by atoms with Crippen LogP contribution in [0, 0.1) is 13.8 Å². The zero-order chi connectivity index (χ0) is 13.8. The molecule has 0 aliphatic carbocycles. The number of nitrogens with one attached hydrogen (secondary N) is 1. The van der Waals surface area contributed by atoms with Crippen LogP contribution < -0.4 is 5.32 Å². The maximum absolute atomic E-state index is 9.28. The van der Waals surface area contributed by atoms with Gasteiger partial charge in [0.15, 0.2) is 0 Å². The lowest BCUT2D eigenvalue weighted by Crippen LogP contribution is -2.22. The molecule has 2 aromatic rings. The van der Waals surface area contributed by atoms with Gasteiger partial charge in [-0.3, -0.25) is 0 Å². The van der Waals surface area contributed by atoms with E-state index in [-0.39, 0.29) is 6.61 Å². The third-order valence-corrected chi connectivity index (χ3v) is 3.15. The Morgan fingerprint density at radius 2 is 1.63 bits per heavy atom. The number of anilines is 1. The highest BCUT2D eigenvalue weighted by molar-refractivity contribution is 5.50. The van der Waals surface area contributed by atoms with Crippen molar-refractivity contribution in [2.45, 2.75) is 20.0 Å². The summed E-state index contributed by atoms with van der Waals surface area (Å²) in [5.74, 6) is 0. The summed E-state index contributed by atoms with van der Waals surface area (Å²) in [5, 5.41) is 21.1. The topological polar surface area (TPSA) is 57.4 Å². The molecular formula is C15H20N2O2. The Balaban J connectivity index is 2.11. The second kappa shape index (κ2) is 5.91. The van der Waals surface area contributed by atoms with E-state index in [0.29, 0.717) is 6.54 Å². The molecule has 1 atom stereocenters. The number of aliphatic hydroxyl groups is 2. The predicted molar refractivity (Wildman–Crippen MR) is 76.8 cm³/mol. The van der Waals surface area contributed by atoms with Gasteiger partial charge in [0, 0.05) is 29.3 Å². The number of aliphatic hydroxyl groups excluding tert-OH is 2. The van der Waals surface area contributed by atoms with Crippen molar-refractivity contribution in [1.29, 1.82) is 0 Å². The van der Waals surface area contributed by atoms with Crippen molar-refractivity contribution >= 4 is 5.69 Å². The van der Waals surface area contributed by atoms with Gasteiger partial charge in [-0.2, -0.15) is 0 Å². The number of hydrogen-bond donors (Lipinski definition) is 3. The molecule has 0 saturated heterocycles. The van der Waals surface area contributed by atoms with Crippen molar-refractivity contribution in [3.8, 4) is 5.69 Å². The molecule has 0 aliphatic heterocycles. The van der Waals surface area contributed by atoms with E-state index in [4.69, 9.17) is 5.11 Å². The van der Waals surface area contributed by atoms with E-state index < -0.39 is 6.10 Å². The smallest absolute Gasteiger partial charge is 0.0942 e. The molecule has 0 saturated carbocycles. The van der Waals surface area contributed by atoms with Gasteiger partial charge in [0.2, 0.25) is 0 Å². The van der Waals surface area contributed by atoms with E-state index >= 15 is 0 Å². The molecule has 0 fully saturated rings. The van der Waals surface area contributed by atoms with E-state index in [1.807, 2.05) is 24.3 Å². The molecule has 0 radical (unpaired) electrons. The Morgan fingerprint density at radius 3 is 2.16 bits per heavy atom. The van der Waals surface area contributed by atoms with Gasteiger partial charge in [-0.1, -0.05) is 0 Å². The van der Waals surface area contributed by atoms with Crippen LogP contribution in [-0.2, 0) is 0 Å². The molecule has 0 amide bonds. The van der Waals surface area contributed by atoms with Gasteiger partial charge in [-0.25, -0.2) is 0 Å². The summed E-state index contributed by atoms with van der Waals surface area (Å²) in [4.78, 5) is 0. The van der Waals surface area contributed by atoms with Crippen LogP contribution in [0.1, 0.15) is 11.4 Å². The fourth-order valence-corrected chi connectivity index (χ4v) is 2.10. The largest absolute Gasteiger partial charge is 0.394 e. The summed E-state index contributed by atoms with van der Waals surface area (Å²) < 4.78 is 2.19. The van der Waals surface area contributed by atoms with E-state index in [0.717, 1.165) is 11.4 Å². The average molecular weight is 260 g/mol. The standard InChI is InChI=1S/C15H20N2O2/c1-11-3-4-12(2)17(11)14-7-5-13(6-8-14)16-9-15(19)10-18/h3-8,15-16,18-19H,9-10H2,1-2H3. The molecule has 0 spiro atoms. The van der Waals surface area contributed by atoms with E-state index in [1.165, 1.54) is 11.4 Å². The first-order valence-electron chi connectivity index (χ1n) is 6.40. The van der Waals surface area contributed by atoms with Crippen LogP contribution in [0.3, 0.4) is 0 Å². The summed E-state index contributed by atoms with van der Waals surface area (Å²) in [6, 6.07) is 12.2. The van der Waals surface area contributed by atoms with Gasteiger partial charge < -0.3 is 20.1 Å². The zero-order valence-electron chi connectivity index (χ0n) is 11.3. The van der Waals surface area contributed by atoms with Crippen LogP contribution in [0.15, 0.2) is 36.4 Å². The molecule has 1 aromatic carbocycles. The number of benzene rings is 1. The monoisotopic (exact) mass is 260 g/mol. The van der Waals surface area contributed by atoms with Crippen molar-refractivity contribution < 1.29 is 10.2 Å². The minimum absolute atomic E-state index is 0.229.